The van der Waals surface area contributed by atoms with Crippen molar-refractivity contribution < 1.29 is 0 Å². The van der Waals surface area contributed by atoms with Gasteiger partial charge in [-0.3, -0.25) is 0 Å². The van der Waals surface area contributed by atoms with Crippen LogP contribution in [0.4, 0.5) is 5.13 Å². The van der Waals surface area contributed by atoms with Crippen LogP contribution >= 0.6 is 11.3 Å². The number of anilines is 1. The minimum absolute atomic E-state index is 0.634. The number of hydrogen-bond acceptors (Lipinski definition) is 3. The molecule has 0 aliphatic rings. The lowest BCUT2D eigenvalue weighted by molar-refractivity contribution is 1.43. The van der Waals surface area contributed by atoms with Crippen molar-refractivity contribution in [1.82, 2.24) is 4.98 Å². The summed E-state index contributed by atoms with van der Waals surface area (Å²) in [6.45, 7) is 6.00. The van der Waals surface area contributed by atoms with E-state index < -0.39 is 0 Å². The molecule has 2 nitrogen and oxygen atoms in total. The van der Waals surface area contributed by atoms with Gasteiger partial charge in [0.25, 0.3) is 0 Å². The van der Waals surface area contributed by atoms with Gasteiger partial charge in [-0.05, 0) is 0 Å². The normalized spacial score (nSPS) is 7.00. The Morgan fingerprint density at radius 3 is 2.38 bits per heavy atom. The lowest BCUT2D eigenvalue weighted by Crippen LogP contribution is -1.77. The van der Waals surface area contributed by atoms with Crippen molar-refractivity contribution in [2.24, 2.45) is 0 Å². The third-order valence-corrected chi connectivity index (χ3v) is 1.06. The molecule has 8 heavy (non-hydrogen) atoms. The van der Waals surface area contributed by atoms with Gasteiger partial charge in [0.05, 0.1) is 0 Å². The number of rotatable bonds is 0. The van der Waals surface area contributed by atoms with Gasteiger partial charge in [-0.25, -0.2) is 4.98 Å². The van der Waals surface area contributed by atoms with Crippen LogP contribution in [0.25, 0.3) is 0 Å². The molecule has 0 atom stereocenters. The van der Waals surface area contributed by atoms with Crippen LogP contribution in [0.15, 0.2) is 24.7 Å². The van der Waals surface area contributed by atoms with Crippen molar-refractivity contribution in [3.05, 3.63) is 24.7 Å². The molecule has 3 heteroatoms. The van der Waals surface area contributed by atoms with Gasteiger partial charge in [0, 0.05) is 11.6 Å². The largest absolute Gasteiger partial charge is 0.375 e. The van der Waals surface area contributed by atoms with Crippen LogP contribution in [-0.4, -0.2) is 4.98 Å². The maximum atomic E-state index is 5.19. The summed E-state index contributed by atoms with van der Waals surface area (Å²) in [4.78, 5) is 3.71. The van der Waals surface area contributed by atoms with Crippen LogP contribution in [0.1, 0.15) is 0 Å². The van der Waals surface area contributed by atoms with Crippen LogP contribution in [0.3, 0.4) is 0 Å². The predicted molar refractivity (Wildman–Crippen MR) is 37.8 cm³/mol. The summed E-state index contributed by atoms with van der Waals surface area (Å²) in [7, 11) is 0. The zero-order valence-electron chi connectivity index (χ0n) is 4.50. The second-order valence-corrected chi connectivity index (χ2v) is 1.80. The first-order chi connectivity index (χ1) is 3.89. The fourth-order valence-corrected chi connectivity index (χ4v) is 0.617. The molecular formula is C5H8N2S. The van der Waals surface area contributed by atoms with Crippen molar-refractivity contribution in [1.29, 1.82) is 0 Å². The summed E-state index contributed by atoms with van der Waals surface area (Å²) in [5.74, 6) is 0. The molecule has 1 aromatic heterocycles. The van der Waals surface area contributed by atoms with Gasteiger partial charge in [0.1, 0.15) is 0 Å². The Balaban J connectivity index is 0.000000222. The summed E-state index contributed by atoms with van der Waals surface area (Å²) < 4.78 is 0. The van der Waals surface area contributed by atoms with Crippen molar-refractivity contribution in [2.45, 2.75) is 0 Å². The predicted octanol–water partition coefficient (Wildman–Crippen LogP) is 1.53. The maximum Gasteiger partial charge on any atom is 0.179 e. The van der Waals surface area contributed by atoms with E-state index in [1.54, 1.807) is 6.20 Å². The van der Waals surface area contributed by atoms with Crippen molar-refractivity contribution in [3.8, 4) is 0 Å². The monoisotopic (exact) mass is 128 g/mol. The fraction of sp³-hybridized carbons (Fsp3) is 0. The Bertz CT molecular complexity index is 125. The smallest absolute Gasteiger partial charge is 0.179 e. The molecule has 1 heterocycles. The first kappa shape index (κ1) is 7.17. The highest BCUT2D eigenvalue weighted by atomic mass is 32.1. The second-order valence-electron chi connectivity index (χ2n) is 0.870. The highest BCUT2D eigenvalue weighted by Crippen LogP contribution is 2.02. The molecule has 1 aromatic rings. The molecule has 44 valence electrons. The molecule has 0 bridgehead atoms. The first-order valence-corrected chi connectivity index (χ1v) is 2.92. The molecule has 1 rings (SSSR count). The second kappa shape index (κ2) is 4.33. The third-order valence-electron chi connectivity index (χ3n) is 0.451. The topological polar surface area (TPSA) is 38.9 Å². The molecule has 0 unspecified atom stereocenters. The molecule has 0 spiro atoms. The van der Waals surface area contributed by atoms with Gasteiger partial charge in [-0.15, -0.1) is 24.5 Å². The van der Waals surface area contributed by atoms with Gasteiger partial charge < -0.3 is 5.73 Å². The molecule has 0 amide bonds. The van der Waals surface area contributed by atoms with E-state index in [2.05, 4.69) is 18.1 Å². The average molecular weight is 128 g/mol. The highest BCUT2D eigenvalue weighted by molar-refractivity contribution is 7.13. The number of thiazole rings is 1. The lowest BCUT2D eigenvalue weighted by Gasteiger charge is -1.67. The van der Waals surface area contributed by atoms with Crippen LogP contribution in [0, 0.1) is 0 Å². The third kappa shape index (κ3) is 2.36. The van der Waals surface area contributed by atoms with Crippen molar-refractivity contribution in [2.75, 3.05) is 5.73 Å². The molecule has 0 fully saturated rings. The van der Waals surface area contributed by atoms with Crippen LogP contribution in [-0.2, 0) is 0 Å². The molecular weight excluding hydrogens is 120 g/mol. The van der Waals surface area contributed by atoms with E-state index in [-0.39, 0.29) is 0 Å². The van der Waals surface area contributed by atoms with E-state index in [1.807, 2.05) is 5.38 Å². The van der Waals surface area contributed by atoms with E-state index in [9.17, 15) is 0 Å². The Kier molecular flexibility index (Phi) is 3.88. The quantitative estimate of drug-likeness (QED) is 0.538. The van der Waals surface area contributed by atoms with E-state index in [0.29, 0.717) is 5.13 Å². The maximum absolute atomic E-state index is 5.19. The molecule has 0 saturated heterocycles. The van der Waals surface area contributed by atoms with E-state index in [1.165, 1.54) is 11.3 Å². The van der Waals surface area contributed by atoms with Gasteiger partial charge in [-0.1, -0.05) is 0 Å². The zero-order chi connectivity index (χ0) is 6.41. The molecule has 0 aliphatic heterocycles. The van der Waals surface area contributed by atoms with E-state index >= 15 is 0 Å². The van der Waals surface area contributed by atoms with Gasteiger partial charge in [-0.2, -0.15) is 0 Å². The summed E-state index contributed by atoms with van der Waals surface area (Å²) in [5.41, 5.74) is 5.19. The lowest BCUT2D eigenvalue weighted by atomic mass is 11.0. The number of nitrogen functional groups attached to an aromatic ring is 1. The SMILES string of the molecule is C=C.Nc1nccs1. The Morgan fingerprint density at radius 1 is 1.62 bits per heavy atom. The number of nitrogens with zero attached hydrogens (tertiary/aromatic N) is 1. The highest BCUT2D eigenvalue weighted by Gasteiger charge is 1.76. The van der Waals surface area contributed by atoms with Crippen molar-refractivity contribution in [3.63, 3.8) is 0 Å². The average Bonchev–Trinajstić information content (AvgIpc) is 2.24. The Hall–Kier alpha value is -0.830. The summed E-state index contributed by atoms with van der Waals surface area (Å²) in [6.07, 6.45) is 1.68. The minimum Gasteiger partial charge on any atom is -0.375 e. The van der Waals surface area contributed by atoms with Gasteiger partial charge >= 0.3 is 0 Å². The first-order valence-electron chi connectivity index (χ1n) is 2.04. The molecule has 0 aromatic carbocycles. The summed E-state index contributed by atoms with van der Waals surface area (Å²) in [6, 6.07) is 0. The number of hydrogen-bond donors (Lipinski definition) is 1. The summed E-state index contributed by atoms with van der Waals surface area (Å²) in [5, 5.41) is 2.48. The molecule has 0 radical (unpaired) electrons. The Morgan fingerprint density at radius 2 is 2.25 bits per heavy atom. The van der Waals surface area contributed by atoms with Crippen molar-refractivity contribution >= 4 is 16.5 Å². The Labute approximate surface area is 52.7 Å². The zero-order valence-corrected chi connectivity index (χ0v) is 5.32. The molecule has 2 N–H and O–H groups in total. The molecule has 0 saturated carbocycles. The van der Waals surface area contributed by atoms with E-state index in [0.717, 1.165) is 0 Å². The van der Waals surface area contributed by atoms with Crippen LogP contribution in [0.5, 0.6) is 0 Å². The van der Waals surface area contributed by atoms with Gasteiger partial charge in [0.15, 0.2) is 5.13 Å². The summed E-state index contributed by atoms with van der Waals surface area (Å²) >= 11 is 1.44. The van der Waals surface area contributed by atoms with Gasteiger partial charge in [0.2, 0.25) is 0 Å². The molecule has 0 aliphatic carbocycles. The number of nitrogens with two attached hydrogens (primary N) is 1. The fourth-order valence-electron chi connectivity index (χ4n) is 0.234. The minimum atomic E-state index is 0.634. The number of aromatic nitrogens is 1. The van der Waals surface area contributed by atoms with Crippen LogP contribution < -0.4 is 5.73 Å². The van der Waals surface area contributed by atoms with E-state index in [4.69, 9.17) is 5.73 Å². The standard InChI is InChI=1S/C3H4N2S.C2H4/c4-3-5-1-2-6-3;1-2/h1-2H,(H2,4,5);1-2H2. The van der Waals surface area contributed by atoms with Crippen LogP contribution in [0.2, 0.25) is 0 Å².